The van der Waals surface area contributed by atoms with Gasteiger partial charge in [0.2, 0.25) is 12.0 Å². The van der Waals surface area contributed by atoms with Gasteiger partial charge in [-0.15, -0.1) is 4.40 Å². The lowest BCUT2D eigenvalue weighted by molar-refractivity contribution is -0.149. The average molecular weight is 510 g/mol. The van der Waals surface area contributed by atoms with E-state index in [4.69, 9.17) is 23.7 Å². The number of nitrogens with zero attached hydrogens (tertiary/aromatic N) is 1. The summed E-state index contributed by atoms with van der Waals surface area (Å²) in [6, 6.07) is 19.2. The van der Waals surface area contributed by atoms with Crippen molar-refractivity contribution in [2.75, 3.05) is 20.3 Å². The summed E-state index contributed by atoms with van der Waals surface area (Å²) in [5, 5.41) is 0. The number of fused-ring (bicyclic) bond motifs is 2. The number of hydrogen-bond donors (Lipinski definition) is 0. The Labute approximate surface area is 208 Å². The molecule has 10 heteroatoms. The predicted molar refractivity (Wildman–Crippen MR) is 129 cm³/mol. The SMILES string of the molecule is COC(=O)C(Cc1ccc(OCc2ccc3c(c2)OCCO3)cc1)OC1=NS(=O)(=O)c2ccccc21. The van der Waals surface area contributed by atoms with Crippen LogP contribution in [-0.4, -0.2) is 46.7 Å². The van der Waals surface area contributed by atoms with E-state index in [1.54, 1.807) is 42.5 Å². The van der Waals surface area contributed by atoms with Crippen LogP contribution in [0.4, 0.5) is 0 Å². The van der Waals surface area contributed by atoms with Crippen LogP contribution in [0.15, 0.2) is 76.0 Å². The van der Waals surface area contributed by atoms with E-state index in [0.717, 1.165) is 16.9 Å². The van der Waals surface area contributed by atoms with Gasteiger partial charge in [0.15, 0.2) is 11.5 Å². The van der Waals surface area contributed by atoms with Gasteiger partial charge in [0.05, 0.1) is 12.7 Å². The maximum absolute atomic E-state index is 12.4. The molecule has 0 fully saturated rings. The summed E-state index contributed by atoms with van der Waals surface area (Å²) in [7, 11) is -2.62. The Morgan fingerprint density at radius 1 is 0.972 bits per heavy atom. The van der Waals surface area contributed by atoms with Crippen LogP contribution in [0.2, 0.25) is 0 Å². The van der Waals surface area contributed by atoms with E-state index in [9.17, 15) is 13.2 Å². The van der Waals surface area contributed by atoms with Gasteiger partial charge in [0.1, 0.15) is 30.5 Å². The monoisotopic (exact) mass is 509 g/mol. The van der Waals surface area contributed by atoms with Crippen molar-refractivity contribution >= 4 is 21.9 Å². The molecule has 0 N–H and O–H groups in total. The number of methoxy groups -OCH3 is 1. The molecule has 9 nitrogen and oxygen atoms in total. The van der Waals surface area contributed by atoms with Crippen LogP contribution < -0.4 is 14.2 Å². The Kier molecular flexibility index (Phi) is 6.51. The second-order valence-corrected chi connectivity index (χ2v) is 9.68. The number of sulfonamides is 1. The first kappa shape index (κ1) is 23.7. The summed E-state index contributed by atoms with van der Waals surface area (Å²) in [5.41, 5.74) is 2.02. The van der Waals surface area contributed by atoms with Gasteiger partial charge < -0.3 is 23.7 Å². The molecule has 0 aromatic heterocycles. The molecular weight excluding hydrogens is 486 g/mol. The Balaban J connectivity index is 1.25. The van der Waals surface area contributed by atoms with Crippen LogP contribution in [0.1, 0.15) is 16.7 Å². The quantitative estimate of drug-likeness (QED) is 0.447. The summed E-state index contributed by atoms with van der Waals surface area (Å²) in [4.78, 5) is 12.5. The molecule has 0 aliphatic carbocycles. The van der Waals surface area contributed by atoms with Gasteiger partial charge in [0.25, 0.3) is 10.0 Å². The molecule has 3 aromatic rings. The molecule has 0 bridgehead atoms. The van der Waals surface area contributed by atoms with E-state index < -0.39 is 22.1 Å². The third kappa shape index (κ3) is 4.99. The third-order valence-electron chi connectivity index (χ3n) is 5.67. The molecule has 0 saturated carbocycles. The van der Waals surface area contributed by atoms with Crippen LogP contribution in [0.5, 0.6) is 17.2 Å². The zero-order valence-electron chi connectivity index (χ0n) is 19.4. The number of rotatable bonds is 7. The van der Waals surface area contributed by atoms with Gasteiger partial charge in [0, 0.05) is 6.42 Å². The highest BCUT2D eigenvalue weighted by Crippen LogP contribution is 2.31. The van der Waals surface area contributed by atoms with Crippen LogP contribution in [0.3, 0.4) is 0 Å². The lowest BCUT2D eigenvalue weighted by Crippen LogP contribution is -2.30. The largest absolute Gasteiger partial charge is 0.489 e. The first-order valence-corrected chi connectivity index (χ1v) is 12.7. The highest BCUT2D eigenvalue weighted by molar-refractivity contribution is 7.90. The Morgan fingerprint density at radius 3 is 2.47 bits per heavy atom. The molecule has 36 heavy (non-hydrogen) atoms. The standard InChI is InChI=1S/C26H23NO8S/c1-31-26(28)23(35-25-20-4-2-3-5-24(20)36(29,30)27-25)14-17-6-9-19(10-7-17)34-16-18-8-11-21-22(15-18)33-13-12-32-21/h2-11,15,23H,12-14,16H2,1H3. The Morgan fingerprint density at radius 2 is 1.69 bits per heavy atom. The zero-order valence-corrected chi connectivity index (χ0v) is 20.2. The fourth-order valence-electron chi connectivity index (χ4n) is 3.88. The predicted octanol–water partition coefficient (Wildman–Crippen LogP) is 3.29. The van der Waals surface area contributed by atoms with Gasteiger partial charge >= 0.3 is 5.97 Å². The van der Waals surface area contributed by atoms with E-state index in [-0.39, 0.29) is 17.2 Å². The van der Waals surface area contributed by atoms with Crippen molar-refractivity contribution in [3.63, 3.8) is 0 Å². The number of hydrogen-bond acceptors (Lipinski definition) is 8. The van der Waals surface area contributed by atoms with Crippen molar-refractivity contribution in [2.24, 2.45) is 4.40 Å². The molecular formula is C26H23NO8S. The van der Waals surface area contributed by atoms with Crippen molar-refractivity contribution in [1.29, 1.82) is 0 Å². The Hall–Kier alpha value is -4.05. The first-order valence-electron chi connectivity index (χ1n) is 11.2. The first-order chi connectivity index (χ1) is 17.4. The van der Waals surface area contributed by atoms with Crippen molar-refractivity contribution < 1.29 is 36.9 Å². The molecule has 1 unspecified atom stereocenters. The maximum atomic E-state index is 12.4. The minimum Gasteiger partial charge on any atom is -0.489 e. The van der Waals surface area contributed by atoms with Crippen LogP contribution in [0.25, 0.3) is 0 Å². The van der Waals surface area contributed by atoms with E-state index in [1.165, 1.54) is 13.2 Å². The Bertz CT molecular complexity index is 1420. The normalized spacial score (nSPS) is 15.9. The zero-order chi connectivity index (χ0) is 25.1. The van der Waals surface area contributed by atoms with Gasteiger partial charge in [-0.1, -0.05) is 30.3 Å². The highest BCUT2D eigenvalue weighted by Gasteiger charge is 2.33. The number of ether oxygens (including phenoxy) is 5. The van der Waals surface area contributed by atoms with Gasteiger partial charge in [-0.2, -0.15) is 8.42 Å². The smallest absolute Gasteiger partial charge is 0.347 e. The van der Waals surface area contributed by atoms with Crippen LogP contribution in [0, 0.1) is 0 Å². The molecule has 186 valence electrons. The highest BCUT2D eigenvalue weighted by atomic mass is 32.2. The number of carbonyl (C=O) groups excluding carboxylic acids is 1. The molecule has 2 heterocycles. The number of esters is 1. The fraction of sp³-hybridized carbons (Fsp3) is 0.231. The van der Waals surface area contributed by atoms with Crippen molar-refractivity contribution in [2.45, 2.75) is 24.0 Å². The van der Waals surface area contributed by atoms with Crippen LogP contribution in [-0.2, 0) is 37.3 Å². The molecule has 5 rings (SSSR count). The van der Waals surface area contributed by atoms with E-state index in [2.05, 4.69) is 4.40 Å². The number of carbonyl (C=O) groups is 1. The summed E-state index contributed by atoms with van der Waals surface area (Å²) in [5.74, 6) is 1.30. The van der Waals surface area contributed by atoms with Gasteiger partial charge in [-0.05, 0) is 47.5 Å². The third-order valence-corrected chi connectivity index (χ3v) is 6.99. The lowest BCUT2D eigenvalue weighted by atomic mass is 10.1. The summed E-state index contributed by atoms with van der Waals surface area (Å²) in [6.45, 7) is 1.40. The van der Waals surface area contributed by atoms with Crippen molar-refractivity contribution in [3.8, 4) is 17.2 Å². The minimum atomic E-state index is -3.87. The summed E-state index contributed by atoms with van der Waals surface area (Å²) < 4.78 is 56.0. The van der Waals surface area contributed by atoms with Crippen LogP contribution >= 0.6 is 0 Å². The second-order valence-electron chi connectivity index (χ2n) is 8.11. The molecule has 0 saturated heterocycles. The molecule has 0 radical (unpaired) electrons. The molecule has 2 aliphatic rings. The molecule has 1 atom stereocenters. The van der Waals surface area contributed by atoms with E-state index >= 15 is 0 Å². The second kappa shape index (κ2) is 9.90. The van der Waals surface area contributed by atoms with Gasteiger partial charge in [-0.3, -0.25) is 0 Å². The molecule has 3 aromatic carbocycles. The fourth-order valence-corrected chi connectivity index (χ4v) is 5.02. The van der Waals surface area contributed by atoms with E-state index in [1.807, 2.05) is 18.2 Å². The van der Waals surface area contributed by atoms with E-state index in [0.29, 0.717) is 36.9 Å². The maximum Gasteiger partial charge on any atom is 0.347 e. The van der Waals surface area contributed by atoms with Crippen molar-refractivity contribution in [1.82, 2.24) is 0 Å². The topological polar surface area (TPSA) is 110 Å². The minimum absolute atomic E-state index is 0.0446. The summed E-state index contributed by atoms with van der Waals surface area (Å²) in [6.07, 6.45) is -0.935. The summed E-state index contributed by atoms with van der Waals surface area (Å²) >= 11 is 0. The number of benzene rings is 3. The molecule has 0 spiro atoms. The average Bonchev–Trinajstić information content (AvgIpc) is 3.16. The van der Waals surface area contributed by atoms with Gasteiger partial charge in [-0.25, -0.2) is 4.79 Å². The van der Waals surface area contributed by atoms with Crippen molar-refractivity contribution in [3.05, 3.63) is 83.4 Å². The molecule has 0 amide bonds. The molecule has 2 aliphatic heterocycles. The lowest BCUT2D eigenvalue weighted by Gasteiger charge is -2.19.